The predicted octanol–water partition coefficient (Wildman–Crippen LogP) is 3.04. The van der Waals surface area contributed by atoms with Gasteiger partial charge < -0.3 is 9.47 Å². The molecule has 3 heteroatoms. The summed E-state index contributed by atoms with van der Waals surface area (Å²) >= 11 is 0. The van der Waals surface area contributed by atoms with Gasteiger partial charge in [-0.05, 0) is 51.7 Å². The number of halogens is 1. The summed E-state index contributed by atoms with van der Waals surface area (Å²) in [6.45, 7) is 5.13. The Morgan fingerprint density at radius 3 is 2.71 bits per heavy atom. The third-order valence-corrected chi connectivity index (χ3v) is 3.38. The third kappa shape index (κ3) is 2.34. The number of fused-ring (bicyclic) bond motifs is 1. The van der Waals surface area contributed by atoms with Crippen LogP contribution < -0.4 is 0 Å². The summed E-state index contributed by atoms with van der Waals surface area (Å²) in [5.41, 5.74) is 2.24. The number of aromatic nitrogens is 1. The zero-order valence-electron chi connectivity index (χ0n) is 10.9. The van der Waals surface area contributed by atoms with Gasteiger partial charge in [0.2, 0.25) is 0 Å². The molecular weight excluding hydrogens is 215 g/mol. The van der Waals surface area contributed by atoms with E-state index in [1.165, 1.54) is 6.07 Å². The van der Waals surface area contributed by atoms with Crippen LogP contribution >= 0.6 is 0 Å². The Balaban J connectivity index is 2.42. The number of aryl methyl sites for hydroxylation is 1. The molecule has 1 aromatic heterocycles. The molecule has 0 saturated carbocycles. The smallest absolute Gasteiger partial charge is 0.123 e. The number of nitrogens with zero attached hydrogens (tertiary/aromatic N) is 2. The molecule has 0 fully saturated rings. The van der Waals surface area contributed by atoms with Crippen LogP contribution in [0.2, 0.25) is 0 Å². The van der Waals surface area contributed by atoms with Crippen LogP contribution in [0, 0.1) is 12.7 Å². The second-order valence-electron chi connectivity index (χ2n) is 4.94. The van der Waals surface area contributed by atoms with E-state index < -0.39 is 0 Å². The molecule has 1 heterocycles. The van der Waals surface area contributed by atoms with Crippen LogP contribution in [0.25, 0.3) is 10.9 Å². The van der Waals surface area contributed by atoms with Crippen molar-refractivity contribution >= 4 is 10.9 Å². The summed E-state index contributed by atoms with van der Waals surface area (Å²) in [5, 5.41) is 1.01. The molecule has 2 rings (SSSR count). The molecule has 0 aliphatic rings. The highest BCUT2D eigenvalue weighted by Crippen LogP contribution is 2.22. The van der Waals surface area contributed by atoms with E-state index in [9.17, 15) is 4.39 Å². The maximum Gasteiger partial charge on any atom is 0.123 e. The fraction of sp³-hybridized carbons (Fsp3) is 0.429. The summed E-state index contributed by atoms with van der Waals surface area (Å²) in [6.07, 6.45) is 2.10. The number of benzene rings is 1. The van der Waals surface area contributed by atoms with Crippen molar-refractivity contribution in [2.45, 2.75) is 26.4 Å². The van der Waals surface area contributed by atoms with Crippen molar-refractivity contribution < 1.29 is 4.39 Å². The second-order valence-corrected chi connectivity index (χ2v) is 4.94. The molecule has 0 spiro atoms. The van der Waals surface area contributed by atoms with Gasteiger partial charge in [0.15, 0.2) is 0 Å². The van der Waals surface area contributed by atoms with Gasteiger partial charge in [-0.25, -0.2) is 4.39 Å². The molecule has 1 atom stereocenters. The van der Waals surface area contributed by atoms with Crippen LogP contribution in [-0.4, -0.2) is 29.6 Å². The van der Waals surface area contributed by atoms with Gasteiger partial charge in [-0.1, -0.05) is 0 Å². The minimum absolute atomic E-state index is 0.168. The molecule has 0 saturated heterocycles. The van der Waals surface area contributed by atoms with Crippen molar-refractivity contribution in [3.63, 3.8) is 0 Å². The van der Waals surface area contributed by atoms with E-state index in [0.29, 0.717) is 6.04 Å². The first-order chi connectivity index (χ1) is 7.99. The van der Waals surface area contributed by atoms with Crippen LogP contribution in [0.5, 0.6) is 0 Å². The van der Waals surface area contributed by atoms with Crippen molar-refractivity contribution in [2.24, 2.45) is 0 Å². The lowest BCUT2D eigenvalue weighted by molar-refractivity contribution is 0.286. The lowest BCUT2D eigenvalue weighted by Gasteiger charge is -2.20. The Kier molecular flexibility index (Phi) is 3.20. The molecule has 92 valence electrons. The first kappa shape index (κ1) is 12.1. The van der Waals surface area contributed by atoms with Crippen LogP contribution in [0.1, 0.15) is 12.5 Å². The van der Waals surface area contributed by atoms with Crippen molar-refractivity contribution in [3.05, 3.63) is 35.8 Å². The van der Waals surface area contributed by atoms with E-state index in [1.807, 2.05) is 13.0 Å². The summed E-state index contributed by atoms with van der Waals surface area (Å²) in [4.78, 5) is 2.19. The lowest BCUT2D eigenvalue weighted by Crippen LogP contribution is -2.28. The summed E-state index contributed by atoms with van der Waals surface area (Å²) in [5.74, 6) is -0.168. The second kappa shape index (κ2) is 4.49. The Bertz CT molecular complexity index is 528. The van der Waals surface area contributed by atoms with Crippen LogP contribution in [0.3, 0.4) is 0 Å². The summed E-state index contributed by atoms with van der Waals surface area (Å²) in [6, 6.07) is 5.45. The SMILES string of the molecule is Cc1cn(C[C@@H](C)N(C)C)c2ccc(F)cc12. The van der Waals surface area contributed by atoms with Gasteiger partial charge >= 0.3 is 0 Å². The van der Waals surface area contributed by atoms with Crippen molar-refractivity contribution in [1.82, 2.24) is 9.47 Å². The molecule has 0 aliphatic heterocycles. The van der Waals surface area contributed by atoms with Gasteiger partial charge in [-0.15, -0.1) is 0 Å². The third-order valence-electron chi connectivity index (χ3n) is 3.38. The normalized spacial score (nSPS) is 13.5. The number of hydrogen-bond acceptors (Lipinski definition) is 1. The van der Waals surface area contributed by atoms with E-state index in [1.54, 1.807) is 6.07 Å². The molecule has 0 aliphatic carbocycles. The van der Waals surface area contributed by atoms with E-state index >= 15 is 0 Å². The van der Waals surface area contributed by atoms with Crippen LogP contribution in [-0.2, 0) is 6.54 Å². The molecule has 2 nitrogen and oxygen atoms in total. The van der Waals surface area contributed by atoms with Crippen LogP contribution in [0.4, 0.5) is 4.39 Å². The summed E-state index contributed by atoms with van der Waals surface area (Å²) in [7, 11) is 4.14. The standard InChI is InChI=1S/C14H19FN2/c1-10-8-17(9-11(2)16(3)4)14-6-5-12(15)7-13(10)14/h5-8,11H,9H2,1-4H3/t11-/m1/s1. The first-order valence-electron chi connectivity index (χ1n) is 5.90. The molecule has 1 aromatic carbocycles. The van der Waals surface area contributed by atoms with Gasteiger partial charge in [0.05, 0.1) is 0 Å². The van der Waals surface area contributed by atoms with Crippen LogP contribution in [0.15, 0.2) is 24.4 Å². The van der Waals surface area contributed by atoms with Crippen molar-refractivity contribution in [2.75, 3.05) is 14.1 Å². The highest BCUT2D eigenvalue weighted by Gasteiger charge is 2.10. The lowest BCUT2D eigenvalue weighted by atomic mass is 10.2. The largest absolute Gasteiger partial charge is 0.346 e. The maximum absolute atomic E-state index is 13.2. The van der Waals surface area contributed by atoms with Gasteiger partial charge in [-0.2, -0.15) is 0 Å². The molecular formula is C14H19FN2. The topological polar surface area (TPSA) is 8.17 Å². The molecule has 0 N–H and O–H groups in total. The Morgan fingerprint density at radius 1 is 1.35 bits per heavy atom. The number of hydrogen-bond donors (Lipinski definition) is 0. The van der Waals surface area contributed by atoms with Gasteiger partial charge in [0, 0.05) is 29.7 Å². The average molecular weight is 234 g/mol. The molecule has 0 bridgehead atoms. The quantitative estimate of drug-likeness (QED) is 0.792. The Morgan fingerprint density at radius 2 is 2.06 bits per heavy atom. The van der Waals surface area contributed by atoms with E-state index in [2.05, 4.69) is 36.7 Å². The molecule has 17 heavy (non-hydrogen) atoms. The maximum atomic E-state index is 13.2. The fourth-order valence-corrected chi connectivity index (χ4v) is 2.05. The monoisotopic (exact) mass is 234 g/mol. The minimum Gasteiger partial charge on any atom is -0.346 e. The molecule has 0 amide bonds. The molecule has 2 aromatic rings. The first-order valence-corrected chi connectivity index (χ1v) is 5.90. The highest BCUT2D eigenvalue weighted by molar-refractivity contribution is 5.83. The van der Waals surface area contributed by atoms with Gasteiger partial charge in [0.1, 0.15) is 5.82 Å². The van der Waals surface area contributed by atoms with Gasteiger partial charge in [0.25, 0.3) is 0 Å². The Labute approximate surface area is 102 Å². The average Bonchev–Trinajstić information content (AvgIpc) is 2.55. The Hall–Kier alpha value is -1.35. The van der Waals surface area contributed by atoms with Crippen molar-refractivity contribution in [3.8, 4) is 0 Å². The zero-order chi connectivity index (χ0) is 12.6. The molecule has 0 unspecified atom stereocenters. The number of rotatable bonds is 3. The molecule has 0 radical (unpaired) electrons. The van der Waals surface area contributed by atoms with E-state index in [-0.39, 0.29) is 5.82 Å². The van der Waals surface area contributed by atoms with E-state index in [0.717, 1.165) is 23.0 Å². The van der Waals surface area contributed by atoms with Crippen molar-refractivity contribution in [1.29, 1.82) is 0 Å². The van der Waals surface area contributed by atoms with Gasteiger partial charge in [-0.3, -0.25) is 0 Å². The predicted molar refractivity (Wildman–Crippen MR) is 69.8 cm³/mol. The fourth-order valence-electron chi connectivity index (χ4n) is 2.05. The zero-order valence-corrected chi connectivity index (χ0v) is 10.9. The van der Waals surface area contributed by atoms with E-state index in [4.69, 9.17) is 0 Å². The minimum atomic E-state index is -0.168. The highest BCUT2D eigenvalue weighted by atomic mass is 19.1. The summed E-state index contributed by atoms with van der Waals surface area (Å²) < 4.78 is 15.4. The number of likely N-dealkylation sites (N-methyl/N-ethyl adjacent to an activating group) is 1.